The minimum absolute atomic E-state index is 0.169. The van der Waals surface area contributed by atoms with Crippen LogP contribution in [0, 0.1) is 0 Å². The lowest BCUT2D eigenvalue weighted by atomic mass is 10.1. The van der Waals surface area contributed by atoms with E-state index in [1.165, 1.54) is 19.3 Å². The fourth-order valence-corrected chi connectivity index (χ4v) is 3.25. The standard InChI is InChI=1S/C13H17N5O/c19-13-16-15-11-9-5-4-6-10(9)14-12(18(11)13)17-7-2-1-3-8-17/h1-8H2,(H,16,19). The molecule has 6 heteroatoms. The summed E-state index contributed by atoms with van der Waals surface area (Å²) in [7, 11) is 0. The van der Waals surface area contributed by atoms with Gasteiger partial charge in [0.05, 0.1) is 5.69 Å². The number of nitrogens with one attached hydrogen (secondary N) is 1. The van der Waals surface area contributed by atoms with Gasteiger partial charge >= 0.3 is 5.69 Å². The van der Waals surface area contributed by atoms with Crippen LogP contribution < -0.4 is 10.6 Å². The average molecular weight is 259 g/mol. The van der Waals surface area contributed by atoms with Gasteiger partial charge in [-0.1, -0.05) is 0 Å². The van der Waals surface area contributed by atoms with Crippen LogP contribution in [0.3, 0.4) is 0 Å². The Balaban J connectivity index is 1.96. The molecule has 2 aromatic heterocycles. The topological polar surface area (TPSA) is 66.3 Å². The summed E-state index contributed by atoms with van der Waals surface area (Å²) in [5, 5.41) is 6.78. The van der Waals surface area contributed by atoms with Gasteiger partial charge in [-0.15, -0.1) is 0 Å². The van der Waals surface area contributed by atoms with Gasteiger partial charge in [-0.3, -0.25) is 0 Å². The lowest BCUT2D eigenvalue weighted by Gasteiger charge is -2.28. The lowest BCUT2D eigenvalue weighted by molar-refractivity contribution is 0.564. The predicted octanol–water partition coefficient (Wildman–Crippen LogP) is 0.897. The van der Waals surface area contributed by atoms with Gasteiger partial charge in [0.25, 0.3) is 0 Å². The summed E-state index contributed by atoms with van der Waals surface area (Å²) in [6, 6.07) is 0. The highest BCUT2D eigenvalue weighted by Gasteiger charge is 2.24. The second kappa shape index (κ2) is 4.08. The van der Waals surface area contributed by atoms with Crippen LogP contribution in [0.2, 0.25) is 0 Å². The van der Waals surface area contributed by atoms with E-state index in [9.17, 15) is 4.79 Å². The molecular formula is C13H17N5O. The van der Waals surface area contributed by atoms with Crippen molar-refractivity contribution in [2.75, 3.05) is 18.0 Å². The smallest absolute Gasteiger partial charge is 0.342 e. The molecule has 0 spiro atoms. The zero-order valence-corrected chi connectivity index (χ0v) is 10.9. The highest BCUT2D eigenvalue weighted by molar-refractivity contribution is 5.56. The van der Waals surface area contributed by atoms with Gasteiger partial charge in [0, 0.05) is 18.7 Å². The Morgan fingerprint density at radius 3 is 2.74 bits per heavy atom. The van der Waals surface area contributed by atoms with Crippen LogP contribution in [0.1, 0.15) is 36.9 Å². The summed E-state index contributed by atoms with van der Waals surface area (Å²) in [5.41, 5.74) is 2.90. The molecule has 1 aliphatic heterocycles. The Hall–Kier alpha value is -1.85. The van der Waals surface area contributed by atoms with Crippen LogP contribution in [-0.4, -0.2) is 32.7 Å². The van der Waals surface area contributed by atoms with Gasteiger partial charge in [-0.05, 0) is 38.5 Å². The molecule has 2 aliphatic rings. The Kier molecular flexibility index (Phi) is 2.36. The molecule has 0 saturated carbocycles. The fraction of sp³-hybridized carbons (Fsp3) is 0.615. The van der Waals surface area contributed by atoms with Crippen molar-refractivity contribution in [3.8, 4) is 0 Å². The first-order chi connectivity index (χ1) is 9.34. The van der Waals surface area contributed by atoms with Crippen molar-refractivity contribution >= 4 is 11.6 Å². The van der Waals surface area contributed by atoms with Crippen LogP contribution in [-0.2, 0) is 12.8 Å². The summed E-state index contributed by atoms with van der Waals surface area (Å²) in [6.45, 7) is 1.97. The van der Waals surface area contributed by atoms with Crippen molar-refractivity contribution in [3.63, 3.8) is 0 Å². The number of aromatic amines is 1. The van der Waals surface area contributed by atoms with E-state index < -0.39 is 0 Å². The van der Waals surface area contributed by atoms with E-state index in [4.69, 9.17) is 4.98 Å². The number of hydrogen-bond acceptors (Lipinski definition) is 4. The van der Waals surface area contributed by atoms with Gasteiger partial charge in [-0.2, -0.15) is 5.10 Å². The Labute approximate surface area is 110 Å². The predicted molar refractivity (Wildman–Crippen MR) is 71.7 cm³/mol. The molecular weight excluding hydrogens is 242 g/mol. The number of aryl methyl sites for hydroxylation is 2. The van der Waals surface area contributed by atoms with Crippen molar-refractivity contribution < 1.29 is 0 Å². The molecule has 100 valence electrons. The second-order valence-corrected chi connectivity index (χ2v) is 5.43. The number of anilines is 1. The zero-order chi connectivity index (χ0) is 12.8. The van der Waals surface area contributed by atoms with Crippen LogP contribution in [0.4, 0.5) is 5.95 Å². The summed E-state index contributed by atoms with van der Waals surface area (Å²) in [6.07, 6.45) is 6.72. The summed E-state index contributed by atoms with van der Waals surface area (Å²) in [5.74, 6) is 0.786. The first kappa shape index (κ1) is 11.0. The summed E-state index contributed by atoms with van der Waals surface area (Å²) >= 11 is 0. The van der Waals surface area contributed by atoms with Gasteiger partial charge in [-0.25, -0.2) is 19.3 Å². The maximum atomic E-state index is 12.0. The maximum absolute atomic E-state index is 12.0. The number of rotatable bonds is 1. The third kappa shape index (κ3) is 1.59. The largest absolute Gasteiger partial charge is 0.350 e. The molecule has 1 N–H and O–H groups in total. The maximum Gasteiger partial charge on any atom is 0.350 e. The third-order valence-corrected chi connectivity index (χ3v) is 4.20. The fourth-order valence-electron chi connectivity index (χ4n) is 3.25. The van der Waals surface area contributed by atoms with Crippen molar-refractivity contribution in [2.45, 2.75) is 38.5 Å². The number of piperidine rings is 1. The molecule has 0 radical (unpaired) electrons. The van der Waals surface area contributed by atoms with E-state index >= 15 is 0 Å². The molecule has 1 fully saturated rings. The molecule has 0 atom stereocenters. The van der Waals surface area contributed by atoms with E-state index in [0.29, 0.717) is 0 Å². The average Bonchev–Trinajstić information content (AvgIpc) is 3.05. The Bertz CT molecular complexity index is 680. The Morgan fingerprint density at radius 2 is 1.89 bits per heavy atom. The molecule has 4 rings (SSSR count). The van der Waals surface area contributed by atoms with Crippen LogP contribution >= 0.6 is 0 Å². The summed E-state index contributed by atoms with van der Waals surface area (Å²) in [4.78, 5) is 19.0. The van der Waals surface area contributed by atoms with E-state index in [-0.39, 0.29) is 5.69 Å². The Morgan fingerprint density at radius 1 is 1.05 bits per heavy atom. The molecule has 0 bridgehead atoms. The van der Waals surface area contributed by atoms with Crippen molar-refractivity contribution in [2.24, 2.45) is 0 Å². The molecule has 19 heavy (non-hydrogen) atoms. The molecule has 0 amide bonds. The molecule has 6 nitrogen and oxygen atoms in total. The van der Waals surface area contributed by atoms with E-state index in [1.54, 1.807) is 4.40 Å². The number of fused-ring (bicyclic) bond motifs is 3. The lowest BCUT2D eigenvalue weighted by Crippen LogP contribution is -2.34. The first-order valence-corrected chi connectivity index (χ1v) is 7.08. The number of hydrogen-bond donors (Lipinski definition) is 1. The molecule has 0 unspecified atom stereocenters. The van der Waals surface area contributed by atoms with Gasteiger partial charge in [0.1, 0.15) is 0 Å². The van der Waals surface area contributed by atoms with E-state index in [2.05, 4.69) is 15.1 Å². The molecule has 1 aliphatic carbocycles. The number of H-pyrrole nitrogens is 1. The van der Waals surface area contributed by atoms with Crippen LogP contribution in [0.5, 0.6) is 0 Å². The number of aromatic nitrogens is 4. The normalized spacial score (nSPS) is 19.1. The van der Waals surface area contributed by atoms with Gasteiger partial charge < -0.3 is 4.90 Å². The highest BCUT2D eigenvalue weighted by atomic mass is 16.1. The third-order valence-electron chi connectivity index (χ3n) is 4.20. The van der Waals surface area contributed by atoms with Crippen molar-refractivity contribution in [1.82, 2.24) is 19.6 Å². The van der Waals surface area contributed by atoms with Gasteiger partial charge in [0.15, 0.2) is 5.65 Å². The number of nitrogens with zero attached hydrogens (tertiary/aromatic N) is 4. The van der Waals surface area contributed by atoms with E-state index in [1.807, 2.05) is 0 Å². The van der Waals surface area contributed by atoms with Crippen molar-refractivity contribution in [1.29, 1.82) is 0 Å². The summed E-state index contributed by atoms with van der Waals surface area (Å²) < 4.78 is 1.66. The molecule has 1 saturated heterocycles. The minimum atomic E-state index is -0.169. The zero-order valence-electron chi connectivity index (χ0n) is 10.9. The monoisotopic (exact) mass is 259 g/mol. The van der Waals surface area contributed by atoms with Crippen LogP contribution in [0.15, 0.2) is 4.79 Å². The SMILES string of the molecule is O=c1[nH]nc2c3c(nc(N4CCCCC4)n12)CCC3. The highest BCUT2D eigenvalue weighted by Crippen LogP contribution is 2.27. The first-order valence-electron chi connectivity index (χ1n) is 7.08. The van der Waals surface area contributed by atoms with Crippen molar-refractivity contribution in [3.05, 3.63) is 21.7 Å². The van der Waals surface area contributed by atoms with E-state index in [0.717, 1.165) is 55.2 Å². The minimum Gasteiger partial charge on any atom is -0.342 e. The molecule has 3 heterocycles. The molecule has 2 aromatic rings. The van der Waals surface area contributed by atoms with Gasteiger partial charge in [0.2, 0.25) is 5.95 Å². The second-order valence-electron chi connectivity index (χ2n) is 5.43. The van der Waals surface area contributed by atoms with Crippen LogP contribution in [0.25, 0.3) is 5.65 Å². The molecule has 0 aromatic carbocycles. The quantitative estimate of drug-likeness (QED) is 0.826.